The SMILES string of the molecule is CCCCCC/C=C\CCCCCCCC(=O)O[C@H](COC(=O)CCCCCCCCCCCCCCC)COP(=O)(O)OC1C(O)C(OP(=O)(O)O)C(OP(=O)(O)O)[C@@H](OP(=O)(O)O)C1O. The van der Waals surface area contributed by atoms with Gasteiger partial charge in [0.15, 0.2) is 6.10 Å². The molecule has 8 atom stereocenters. The molecule has 0 heterocycles. The average molecular weight is 1050 g/mol. The summed E-state index contributed by atoms with van der Waals surface area (Å²) < 4.78 is 82.0. The van der Waals surface area contributed by atoms with Gasteiger partial charge in [-0.3, -0.25) is 32.2 Å². The number of carbonyl (C=O) groups is 2. The third kappa shape index (κ3) is 33.3. The maximum Gasteiger partial charge on any atom is 0.472 e. The van der Waals surface area contributed by atoms with Crippen molar-refractivity contribution in [1.29, 1.82) is 0 Å². The van der Waals surface area contributed by atoms with Crippen molar-refractivity contribution in [2.75, 3.05) is 13.2 Å². The fourth-order valence-corrected chi connectivity index (χ4v) is 10.0. The Kier molecular flexibility index (Phi) is 33.7. The molecule has 67 heavy (non-hydrogen) atoms. The van der Waals surface area contributed by atoms with E-state index in [1.54, 1.807) is 0 Å². The highest BCUT2D eigenvalue weighted by Crippen LogP contribution is 2.53. The molecular weight excluding hydrogens is 968 g/mol. The minimum absolute atomic E-state index is 0.0372. The van der Waals surface area contributed by atoms with E-state index in [0.29, 0.717) is 19.3 Å². The van der Waals surface area contributed by atoms with Crippen LogP contribution in [0.5, 0.6) is 0 Å². The minimum Gasteiger partial charge on any atom is -0.462 e. The van der Waals surface area contributed by atoms with Crippen LogP contribution in [-0.4, -0.2) is 112 Å². The van der Waals surface area contributed by atoms with Crippen LogP contribution in [0.25, 0.3) is 0 Å². The summed E-state index contributed by atoms with van der Waals surface area (Å²) in [4.78, 5) is 92.7. The van der Waals surface area contributed by atoms with E-state index >= 15 is 0 Å². The number of hydrogen-bond donors (Lipinski definition) is 9. The number of hydrogen-bond acceptors (Lipinski definition) is 15. The number of allylic oxidation sites excluding steroid dienone is 2. The number of aliphatic hydroxyl groups is 2. The van der Waals surface area contributed by atoms with E-state index in [4.69, 9.17) is 18.5 Å². The number of phosphoric acid groups is 4. The second-order valence-electron chi connectivity index (χ2n) is 16.9. The van der Waals surface area contributed by atoms with Crippen LogP contribution in [0.2, 0.25) is 0 Å². The molecule has 0 radical (unpaired) electrons. The average Bonchev–Trinajstić information content (AvgIpc) is 3.22. The monoisotopic (exact) mass is 1050 g/mol. The molecule has 22 nitrogen and oxygen atoms in total. The van der Waals surface area contributed by atoms with Crippen molar-refractivity contribution >= 4 is 43.2 Å². The van der Waals surface area contributed by atoms with Gasteiger partial charge < -0.3 is 53.9 Å². The van der Waals surface area contributed by atoms with Crippen molar-refractivity contribution in [3.8, 4) is 0 Å². The first-order valence-electron chi connectivity index (χ1n) is 23.7. The van der Waals surface area contributed by atoms with Crippen LogP contribution in [0.15, 0.2) is 12.2 Å². The molecule has 1 aliphatic rings. The van der Waals surface area contributed by atoms with Crippen molar-refractivity contribution in [3.05, 3.63) is 12.2 Å². The minimum atomic E-state index is -5.79. The first kappa shape index (κ1) is 64.1. The summed E-state index contributed by atoms with van der Waals surface area (Å²) in [6, 6.07) is 0. The summed E-state index contributed by atoms with van der Waals surface area (Å²) in [5, 5.41) is 21.8. The number of esters is 2. The Balaban J connectivity index is 2.93. The topological polar surface area (TPSA) is 349 Å². The Bertz CT molecular complexity index is 1530. The molecule has 0 aliphatic heterocycles. The van der Waals surface area contributed by atoms with Crippen LogP contribution in [-0.2, 0) is 59.9 Å². The number of rotatable bonds is 41. The summed E-state index contributed by atoms with van der Waals surface area (Å²) in [6.07, 6.45) is 11.5. The largest absolute Gasteiger partial charge is 0.472 e. The molecule has 0 aromatic heterocycles. The lowest BCUT2D eigenvalue weighted by Gasteiger charge is -2.45. The number of carbonyl (C=O) groups excluding carboxylic acids is 2. The van der Waals surface area contributed by atoms with Gasteiger partial charge in [-0.15, -0.1) is 0 Å². The van der Waals surface area contributed by atoms with Crippen LogP contribution >= 0.6 is 31.3 Å². The van der Waals surface area contributed by atoms with E-state index in [1.165, 1.54) is 70.6 Å². The van der Waals surface area contributed by atoms with E-state index in [0.717, 1.165) is 64.2 Å². The second-order valence-corrected chi connectivity index (χ2v) is 21.9. The molecule has 1 saturated carbocycles. The normalized spacial score (nSPS) is 21.9. The number of phosphoric ester groups is 4. The van der Waals surface area contributed by atoms with Gasteiger partial charge in [-0.1, -0.05) is 142 Å². The van der Waals surface area contributed by atoms with Crippen LogP contribution < -0.4 is 0 Å². The molecule has 9 N–H and O–H groups in total. The van der Waals surface area contributed by atoms with Gasteiger partial charge in [-0.2, -0.15) is 0 Å². The number of ether oxygens (including phenoxy) is 2. The molecule has 396 valence electrons. The summed E-state index contributed by atoms with van der Waals surface area (Å²) in [7, 11) is -23.0. The van der Waals surface area contributed by atoms with Gasteiger partial charge in [-0.25, -0.2) is 18.3 Å². The lowest BCUT2D eigenvalue weighted by molar-refractivity contribution is -0.209. The molecule has 1 fully saturated rings. The molecule has 0 spiro atoms. The standard InChI is InChI=1S/C41H80O22P4/c1-3-5-7-9-11-13-15-17-19-21-23-25-27-29-34(42)57-31-33(59-35(43)30-28-26-24-22-20-18-16-14-12-10-8-6-4-2)32-58-67(55,56)63-38-36(44)39(60-64(46,47)48)41(62-66(52,53)54)40(37(38)45)61-65(49,50)51/h14,16,33,36-41,44-45H,3-13,15,17-32H2,1-2H3,(H,55,56)(H2,46,47,48)(H2,49,50,51)(H2,52,53,54)/b16-14-/t33-,36?,37?,38?,39+,40?,41?/m1/s1. The van der Waals surface area contributed by atoms with E-state index in [2.05, 4.69) is 39.6 Å². The van der Waals surface area contributed by atoms with Crippen molar-refractivity contribution < 1.29 is 104 Å². The summed E-state index contributed by atoms with van der Waals surface area (Å²) in [5.74, 6) is -1.41. The zero-order chi connectivity index (χ0) is 50.4. The fraction of sp³-hybridized carbons (Fsp3) is 0.902. The predicted octanol–water partition coefficient (Wildman–Crippen LogP) is 7.85. The summed E-state index contributed by atoms with van der Waals surface area (Å²) in [5.41, 5.74) is 0. The zero-order valence-corrected chi connectivity index (χ0v) is 42.7. The lowest BCUT2D eigenvalue weighted by Crippen LogP contribution is -2.65. The van der Waals surface area contributed by atoms with Gasteiger partial charge in [0.05, 0.1) is 6.61 Å². The van der Waals surface area contributed by atoms with E-state index in [9.17, 15) is 72.3 Å². The Hall–Kier alpha value is -0.960. The highest BCUT2D eigenvalue weighted by molar-refractivity contribution is 7.47. The molecule has 0 amide bonds. The first-order chi connectivity index (χ1) is 31.5. The third-order valence-electron chi connectivity index (χ3n) is 10.8. The second kappa shape index (κ2) is 35.2. The summed E-state index contributed by atoms with van der Waals surface area (Å²) >= 11 is 0. The van der Waals surface area contributed by atoms with Crippen molar-refractivity contribution in [1.82, 2.24) is 0 Å². The molecule has 0 bridgehead atoms. The van der Waals surface area contributed by atoms with Gasteiger partial charge in [0.25, 0.3) is 0 Å². The van der Waals surface area contributed by atoms with Crippen LogP contribution in [0.4, 0.5) is 0 Å². The highest BCUT2D eigenvalue weighted by Gasteiger charge is 2.59. The number of unbranched alkanes of at least 4 members (excludes halogenated alkanes) is 21. The zero-order valence-electron chi connectivity index (χ0n) is 39.1. The molecular formula is C41H80O22P4. The Labute approximate surface area is 395 Å². The quantitative estimate of drug-likeness (QED) is 0.0122. The summed E-state index contributed by atoms with van der Waals surface area (Å²) in [6.45, 7) is 2.72. The lowest BCUT2D eigenvalue weighted by atomic mass is 9.85. The Morgan fingerprint density at radius 1 is 0.463 bits per heavy atom. The molecule has 0 aromatic carbocycles. The molecule has 1 rings (SSSR count). The molecule has 0 aromatic rings. The highest BCUT2D eigenvalue weighted by atomic mass is 31.2. The van der Waals surface area contributed by atoms with Crippen molar-refractivity contribution in [2.45, 2.75) is 224 Å². The molecule has 1 aliphatic carbocycles. The van der Waals surface area contributed by atoms with E-state index in [-0.39, 0.29) is 12.8 Å². The van der Waals surface area contributed by atoms with Gasteiger partial charge in [-0.05, 0) is 38.5 Å². The maximum atomic E-state index is 13.2. The van der Waals surface area contributed by atoms with Crippen LogP contribution in [0.3, 0.4) is 0 Å². The molecule has 6 unspecified atom stereocenters. The van der Waals surface area contributed by atoms with Crippen molar-refractivity contribution in [2.24, 2.45) is 0 Å². The van der Waals surface area contributed by atoms with Crippen molar-refractivity contribution in [3.63, 3.8) is 0 Å². The number of aliphatic hydroxyl groups excluding tert-OH is 2. The van der Waals surface area contributed by atoms with Gasteiger partial charge in [0.2, 0.25) is 0 Å². The first-order valence-corrected chi connectivity index (χ1v) is 29.8. The fourth-order valence-electron chi connectivity index (χ4n) is 7.37. The Morgan fingerprint density at radius 2 is 0.821 bits per heavy atom. The van der Waals surface area contributed by atoms with Crippen LogP contribution in [0.1, 0.15) is 181 Å². The van der Waals surface area contributed by atoms with E-state index in [1.807, 2.05) is 0 Å². The van der Waals surface area contributed by atoms with Gasteiger partial charge in [0, 0.05) is 12.8 Å². The van der Waals surface area contributed by atoms with Gasteiger partial charge >= 0.3 is 43.2 Å². The van der Waals surface area contributed by atoms with Crippen LogP contribution in [0, 0.1) is 0 Å². The smallest absolute Gasteiger partial charge is 0.462 e. The predicted molar refractivity (Wildman–Crippen MR) is 245 cm³/mol. The van der Waals surface area contributed by atoms with Gasteiger partial charge in [0.1, 0.15) is 43.2 Å². The Morgan fingerprint density at radius 3 is 1.24 bits per heavy atom. The molecule has 26 heteroatoms. The van der Waals surface area contributed by atoms with E-state index < -0.39 is 99.2 Å². The molecule has 0 saturated heterocycles. The third-order valence-corrected chi connectivity index (χ3v) is 13.3. The maximum absolute atomic E-state index is 13.2.